The number of benzene rings is 1. The van der Waals surface area contributed by atoms with Crippen molar-refractivity contribution in [1.29, 1.82) is 0 Å². The highest BCUT2D eigenvalue weighted by molar-refractivity contribution is 6.74. The van der Waals surface area contributed by atoms with Gasteiger partial charge in [0.15, 0.2) is 8.32 Å². The molecule has 0 aromatic heterocycles. The number of aliphatic hydroxyl groups is 1. The Hall–Kier alpha value is -0.643. The highest BCUT2D eigenvalue weighted by atomic mass is 28.4. The van der Waals surface area contributed by atoms with Crippen LogP contribution in [0, 0.1) is 0 Å². The van der Waals surface area contributed by atoms with Crippen molar-refractivity contribution >= 4 is 8.32 Å². The van der Waals surface area contributed by atoms with Crippen LogP contribution in [0.3, 0.4) is 0 Å². The molecular formula is C16H28O2Si. The van der Waals surface area contributed by atoms with Crippen molar-refractivity contribution in [1.82, 2.24) is 0 Å². The minimum atomic E-state index is -1.78. The molecule has 0 heterocycles. The second-order valence-corrected chi connectivity index (χ2v) is 11.4. The van der Waals surface area contributed by atoms with Gasteiger partial charge in [-0.25, -0.2) is 0 Å². The lowest BCUT2D eigenvalue weighted by atomic mass is 10.1. The maximum absolute atomic E-state index is 9.08. The van der Waals surface area contributed by atoms with E-state index in [9.17, 15) is 0 Å². The van der Waals surface area contributed by atoms with E-state index in [1.54, 1.807) is 0 Å². The van der Waals surface area contributed by atoms with Gasteiger partial charge in [-0.1, -0.05) is 51.1 Å². The normalized spacial score (nSPS) is 14.4. The molecule has 0 aliphatic rings. The highest BCUT2D eigenvalue weighted by Crippen LogP contribution is 2.40. The second-order valence-electron chi connectivity index (χ2n) is 6.64. The first-order chi connectivity index (χ1) is 8.78. The van der Waals surface area contributed by atoms with E-state index in [0.29, 0.717) is 0 Å². The quantitative estimate of drug-likeness (QED) is 0.776. The molecule has 0 aliphatic carbocycles. The van der Waals surface area contributed by atoms with Crippen LogP contribution in [0.25, 0.3) is 0 Å². The summed E-state index contributed by atoms with van der Waals surface area (Å²) in [4.78, 5) is 0. The van der Waals surface area contributed by atoms with E-state index < -0.39 is 8.32 Å². The molecule has 0 spiro atoms. The molecule has 0 saturated heterocycles. The van der Waals surface area contributed by atoms with Gasteiger partial charge in [-0.3, -0.25) is 0 Å². The van der Waals surface area contributed by atoms with Crippen molar-refractivity contribution in [3.63, 3.8) is 0 Å². The molecule has 0 bridgehead atoms. The van der Waals surface area contributed by atoms with Gasteiger partial charge in [-0.15, -0.1) is 0 Å². The third-order valence-corrected chi connectivity index (χ3v) is 8.53. The number of rotatable bonds is 6. The van der Waals surface area contributed by atoms with Crippen molar-refractivity contribution in [2.45, 2.75) is 57.8 Å². The van der Waals surface area contributed by atoms with Crippen LogP contribution in [0.2, 0.25) is 18.1 Å². The number of hydrogen-bond donors (Lipinski definition) is 1. The zero-order chi connectivity index (χ0) is 14.5. The van der Waals surface area contributed by atoms with Gasteiger partial charge in [-0.05, 0) is 36.5 Å². The van der Waals surface area contributed by atoms with Crippen LogP contribution >= 0.6 is 0 Å². The van der Waals surface area contributed by atoms with Gasteiger partial charge in [-0.2, -0.15) is 0 Å². The Morgan fingerprint density at radius 1 is 1.16 bits per heavy atom. The van der Waals surface area contributed by atoms with Crippen LogP contribution in [0.15, 0.2) is 30.3 Å². The number of hydrogen-bond acceptors (Lipinski definition) is 2. The largest absolute Gasteiger partial charge is 0.410 e. The van der Waals surface area contributed by atoms with Gasteiger partial charge in [0.1, 0.15) is 0 Å². The van der Waals surface area contributed by atoms with Gasteiger partial charge in [0.25, 0.3) is 0 Å². The molecular weight excluding hydrogens is 252 g/mol. The average molecular weight is 280 g/mol. The monoisotopic (exact) mass is 280 g/mol. The van der Waals surface area contributed by atoms with E-state index in [-0.39, 0.29) is 17.7 Å². The first-order valence-corrected chi connectivity index (χ1v) is 10.0. The second kappa shape index (κ2) is 6.68. The van der Waals surface area contributed by atoms with Crippen LogP contribution in [0.1, 0.15) is 45.3 Å². The number of aliphatic hydroxyl groups excluding tert-OH is 1. The Labute approximate surface area is 118 Å². The van der Waals surface area contributed by atoms with E-state index in [0.717, 1.165) is 12.8 Å². The van der Waals surface area contributed by atoms with Gasteiger partial charge < -0.3 is 9.53 Å². The Bertz CT molecular complexity index is 368. The van der Waals surface area contributed by atoms with E-state index in [4.69, 9.17) is 9.53 Å². The van der Waals surface area contributed by atoms with E-state index >= 15 is 0 Å². The molecule has 0 saturated carbocycles. The maximum Gasteiger partial charge on any atom is 0.192 e. The predicted octanol–water partition coefficient (Wildman–Crippen LogP) is 4.52. The van der Waals surface area contributed by atoms with Gasteiger partial charge in [0, 0.05) is 6.61 Å². The van der Waals surface area contributed by atoms with Crippen molar-refractivity contribution in [2.75, 3.05) is 6.61 Å². The zero-order valence-corrected chi connectivity index (χ0v) is 13.9. The summed E-state index contributed by atoms with van der Waals surface area (Å²) in [5.41, 5.74) is 1.22. The first kappa shape index (κ1) is 16.4. The lowest BCUT2D eigenvalue weighted by molar-refractivity contribution is 0.158. The molecule has 19 heavy (non-hydrogen) atoms. The van der Waals surface area contributed by atoms with Crippen LogP contribution in [-0.4, -0.2) is 20.0 Å². The molecule has 2 nitrogen and oxygen atoms in total. The van der Waals surface area contributed by atoms with Gasteiger partial charge >= 0.3 is 0 Å². The third kappa shape index (κ3) is 4.75. The fourth-order valence-corrected chi connectivity index (χ4v) is 3.09. The summed E-state index contributed by atoms with van der Waals surface area (Å²) < 4.78 is 6.52. The summed E-state index contributed by atoms with van der Waals surface area (Å²) in [7, 11) is -1.78. The summed E-state index contributed by atoms with van der Waals surface area (Å²) >= 11 is 0. The Morgan fingerprint density at radius 2 is 1.74 bits per heavy atom. The van der Waals surface area contributed by atoms with Gasteiger partial charge in [0.05, 0.1) is 6.10 Å². The molecule has 1 atom stereocenters. The lowest BCUT2D eigenvalue weighted by Crippen LogP contribution is -2.41. The van der Waals surface area contributed by atoms with Crippen molar-refractivity contribution < 1.29 is 9.53 Å². The lowest BCUT2D eigenvalue weighted by Gasteiger charge is -2.39. The summed E-state index contributed by atoms with van der Waals surface area (Å²) in [6.07, 6.45) is 1.77. The maximum atomic E-state index is 9.08. The minimum absolute atomic E-state index is 0.106. The fraction of sp³-hybridized carbons (Fsp3) is 0.625. The minimum Gasteiger partial charge on any atom is -0.410 e. The standard InChI is InChI=1S/C16H28O2Si/c1-16(2,3)19(4,5)18-15(12-9-13-17)14-10-7-6-8-11-14/h6-8,10-11,15,17H,9,12-13H2,1-5H3/t15-/m1/s1. The molecule has 0 fully saturated rings. The van der Waals surface area contributed by atoms with Crippen molar-refractivity contribution in [2.24, 2.45) is 0 Å². The third-order valence-electron chi connectivity index (χ3n) is 4.04. The highest BCUT2D eigenvalue weighted by Gasteiger charge is 2.39. The molecule has 0 aliphatic heterocycles. The molecule has 108 valence electrons. The summed E-state index contributed by atoms with van der Waals surface area (Å²) in [6, 6.07) is 10.4. The summed E-state index contributed by atoms with van der Waals surface area (Å²) in [5, 5.41) is 9.28. The van der Waals surface area contributed by atoms with Crippen LogP contribution in [-0.2, 0) is 4.43 Å². The fourth-order valence-electron chi connectivity index (χ4n) is 1.77. The SMILES string of the molecule is CC(C)(C)[Si](C)(C)O[C@H](CCCO)c1ccccc1. The zero-order valence-electron chi connectivity index (χ0n) is 12.9. The molecule has 1 aromatic carbocycles. The Morgan fingerprint density at radius 3 is 2.21 bits per heavy atom. The van der Waals surface area contributed by atoms with Crippen molar-refractivity contribution in [3.8, 4) is 0 Å². The molecule has 0 unspecified atom stereocenters. The molecule has 3 heteroatoms. The van der Waals surface area contributed by atoms with E-state index in [2.05, 4.69) is 58.1 Å². The van der Waals surface area contributed by atoms with Crippen LogP contribution in [0.4, 0.5) is 0 Å². The van der Waals surface area contributed by atoms with Gasteiger partial charge in [0.2, 0.25) is 0 Å². The average Bonchev–Trinajstić information content (AvgIpc) is 2.34. The Kier molecular flexibility index (Phi) is 5.77. The van der Waals surface area contributed by atoms with Crippen LogP contribution < -0.4 is 0 Å². The van der Waals surface area contributed by atoms with Crippen molar-refractivity contribution in [3.05, 3.63) is 35.9 Å². The molecule has 0 radical (unpaired) electrons. The Balaban J connectivity index is 2.87. The summed E-state index contributed by atoms with van der Waals surface area (Å²) in [5.74, 6) is 0. The predicted molar refractivity (Wildman–Crippen MR) is 83.8 cm³/mol. The topological polar surface area (TPSA) is 29.5 Å². The summed E-state index contributed by atoms with van der Waals surface area (Å²) in [6.45, 7) is 11.6. The van der Waals surface area contributed by atoms with E-state index in [1.165, 1.54) is 5.56 Å². The molecule has 1 rings (SSSR count). The molecule has 0 amide bonds. The molecule has 1 N–H and O–H groups in total. The van der Waals surface area contributed by atoms with Crippen LogP contribution in [0.5, 0.6) is 0 Å². The van der Waals surface area contributed by atoms with E-state index in [1.807, 2.05) is 6.07 Å². The molecule has 1 aromatic rings. The first-order valence-electron chi connectivity index (χ1n) is 7.11. The smallest absolute Gasteiger partial charge is 0.192 e.